The summed E-state index contributed by atoms with van der Waals surface area (Å²) in [5.74, 6) is 1.93. The van der Waals surface area contributed by atoms with Gasteiger partial charge in [0.05, 0.1) is 30.2 Å². The second kappa shape index (κ2) is 9.21. The molecule has 0 fully saturated rings. The summed E-state index contributed by atoms with van der Waals surface area (Å²) in [6.45, 7) is 3.73. The number of hydrogen-bond acceptors (Lipinski definition) is 5. The summed E-state index contributed by atoms with van der Waals surface area (Å²) in [5.41, 5.74) is 2.64. The van der Waals surface area contributed by atoms with Crippen molar-refractivity contribution in [2.75, 3.05) is 19.5 Å². The van der Waals surface area contributed by atoms with E-state index in [2.05, 4.69) is 10.3 Å². The van der Waals surface area contributed by atoms with Crippen molar-refractivity contribution in [2.45, 2.75) is 20.0 Å². The monoisotopic (exact) mass is 392 g/mol. The molecule has 0 saturated heterocycles. The first kappa shape index (κ1) is 20.4. The fourth-order valence-corrected chi connectivity index (χ4v) is 2.75. The van der Waals surface area contributed by atoms with Crippen LogP contribution in [-0.4, -0.2) is 25.1 Å². The van der Waals surface area contributed by atoms with Crippen LogP contribution in [-0.2, 0) is 4.74 Å². The van der Waals surface area contributed by atoms with Crippen LogP contribution < -0.4 is 14.8 Å². The van der Waals surface area contributed by atoms with E-state index in [9.17, 15) is 4.79 Å². The summed E-state index contributed by atoms with van der Waals surface area (Å²) in [7, 11) is 3.25. The minimum Gasteiger partial charge on any atom is -0.497 e. The highest BCUT2D eigenvalue weighted by Gasteiger charge is 2.13. The summed E-state index contributed by atoms with van der Waals surface area (Å²) in [6, 6.07) is 18.1. The van der Waals surface area contributed by atoms with Crippen molar-refractivity contribution in [2.24, 2.45) is 0 Å². The number of anilines is 1. The number of amides is 1. The molecule has 1 aromatic heterocycles. The van der Waals surface area contributed by atoms with Crippen LogP contribution in [0, 0.1) is 6.92 Å². The molecule has 0 aliphatic heterocycles. The van der Waals surface area contributed by atoms with Crippen LogP contribution in [0.5, 0.6) is 17.2 Å². The van der Waals surface area contributed by atoms with Gasteiger partial charge in [0, 0.05) is 12.8 Å². The molecule has 150 valence electrons. The molecule has 1 N–H and O–H groups in total. The highest BCUT2D eigenvalue weighted by atomic mass is 16.5. The van der Waals surface area contributed by atoms with Gasteiger partial charge in [-0.3, -0.25) is 9.78 Å². The normalized spacial score (nSPS) is 11.6. The number of aromatic nitrogens is 1. The van der Waals surface area contributed by atoms with Gasteiger partial charge in [0.25, 0.3) is 5.91 Å². The van der Waals surface area contributed by atoms with Crippen molar-refractivity contribution in [3.8, 4) is 17.2 Å². The molecule has 3 rings (SSSR count). The number of rotatable bonds is 7. The molecule has 1 unspecified atom stereocenters. The first-order chi connectivity index (χ1) is 14.0. The van der Waals surface area contributed by atoms with Gasteiger partial charge in [0.15, 0.2) is 0 Å². The molecule has 0 aliphatic carbocycles. The highest BCUT2D eigenvalue weighted by molar-refractivity contribution is 6.05. The molecule has 6 heteroatoms. The zero-order valence-electron chi connectivity index (χ0n) is 16.9. The molecule has 0 saturated carbocycles. The first-order valence-electron chi connectivity index (χ1n) is 9.24. The minimum atomic E-state index is -0.213. The Hall–Kier alpha value is -3.38. The number of hydrogen-bond donors (Lipinski definition) is 1. The number of ether oxygens (including phenoxy) is 3. The second-order valence-electron chi connectivity index (χ2n) is 6.50. The van der Waals surface area contributed by atoms with E-state index in [0.717, 1.165) is 11.4 Å². The van der Waals surface area contributed by atoms with Crippen LogP contribution in [0.25, 0.3) is 0 Å². The van der Waals surface area contributed by atoms with Gasteiger partial charge in [-0.2, -0.15) is 0 Å². The third-order valence-corrected chi connectivity index (χ3v) is 4.53. The molecule has 2 aromatic carbocycles. The maximum Gasteiger partial charge on any atom is 0.257 e. The molecular formula is C23H24N2O4. The summed E-state index contributed by atoms with van der Waals surface area (Å²) in [5, 5.41) is 2.89. The van der Waals surface area contributed by atoms with Gasteiger partial charge in [-0.05, 0) is 74.5 Å². The third-order valence-electron chi connectivity index (χ3n) is 4.53. The van der Waals surface area contributed by atoms with Gasteiger partial charge in [-0.1, -0.05) is 0 Å². The maximum absolute atomic E-state index is 12.6. The van der Waals surface area contributed by atoms with E-state index in [1.54, 1.807) is 44.6 Å². The number of nitrogens with one attached hydrogen (secondary N) is 1. The van der Waals surface area contributed by atoms with Crippen LogP contribution in [0.2, 0.25) is 0 Å². The average Bonchev–Trinajstić information content (AvgIpc) is 2.75. The van der Waals surface area contributed by atoms with E-state index in [-0.39, 0.29) is 12.0 Å². The van der Waals surface area contributed by atoms with Gasteiger partial charge >= 0.3 is 0 Å². The molecule has 29 heavy (non-hydrogen) atoms. The Morgan fingerprint density at radius 3 is 2.03 bits per heavy atom. The number of carbonyl (C=O) groups excluding carboxylic acids is 1. The lowest BCUT2D eigenvalue weighted by Crippen LogP contribution is -2.15. The summed E-state index contributed by atoms with van der Waals surface area (Å²) >= 11 is 0. The quantitative estimate of drug-likeness (QED) is 0.602. The van der Waals surface area contributed by atoms with E-state index >= 15 is 0 Å². The largest absolute Gasteiger partial charge is 0.497 e. The van der Waals surface area contributed by atoms with Crippen LogP contribution in [0.1, 0.15) is 34.8 Å². The van der Waals surface area contributed by atoms with Crippen molar-refractivity contribution in [3.63, 3.8) is 0 Å². The predicted octanol–water partition coefficient (Wildman–Crippen LogP) is 5.15. The average molecular weight is 392 g/mol. The smallest absolute Gasteiger partial charge is 0.257 e. The molecular weight excluding hydrogens is 368 g/mol. The van der Waals surface area contributed by atoms with Crippen molar-refractivity contribution in [1.82, 2.24) is 4.98 Å². The standard InChI is InChI=1S/C23H24N2O4/c1-15-21(13-14-22(24-15)16(2)27-3)23(26)25-17-5-7-19(8-6-17)29-20-11-9-18(28-4)10-12-20/h5-14,16H,1-4H3,(H,25,26). The second-order valence-corrected chi connectivity index (χ2v) is 6.50. The Morgan fingerprint density at radius 2 is 1.48 bits per heavy atom. The number of aryl methyl sites for hydroxylation is 1. The number of benzene rings is 2. The molecule has 0 radical (unpaired) electrons. The van der Waals surface area contributed by atoms with Crippen molar-refractivity contribution in [3.05, 3.63) is 77.6 Å². The van der Waals surface area contributed by atoms with E-state index < -0.39 is 0 Å². The Morgan fingerprint density at radius 1 is 0.897 bits per heavy atom. The van der Waals surface area contributed by atoms with Gasteiger partial charge in [-0.25, -0.2) is 0 Å². The number of carbonyl (C=O) groups is 1. The topological polar surface area (TPSA) is 69.7 Å². The summed E-state index contributed by atoms with van der Waals surface area (Å²) in [4.78, 5) is 17.1. The molecule has 1 amide bonds. The zero-order valence-corrected chi connectivity index (χ0v) is 16.9. The Kier molecular flexibility index (Phi) is 6.46. The van der Waals surface area contributed by atoms with Crippen molar-refractivity contribution in [1.29, 1.82) is 0 Å². The molecule has 0 aliphatic rings. The molecule has 0 spiro atoms. The zero-order chi connectivity index (χ0) is 20.8. The van der Waals surface area contributed by atoms with Crippen LogP contribution in [0.3, 0.4) is 0 Å². The van der Waals surface area contributed by atoms with Gasteiger partial charge < -0.3 is 19.5 Å². The maximum atomic E-state index is 12.6. The van der Waals surface area contributed by atoms with Crippen molar-refractivity contribution >= 4 is 11.6 Å². The number of methoxy groups -OCH3 is 2. The molecule has 0 bridgehead atoms. The lowest BCUT2D eigenvalue weighted by Gasteiger charge is -2.12. The molecule has 1 heterocycles. The van der Waals surface area contributed by atoms with E-state index in [4.69, 9.17) is 14.2 Å². The third kappa shape index (κ3) is 5.12. The van der Waals surface area contributed by atoms with Gasteiger partial charge in [0.2, 0.25) is 0 Å². The fourth-order valence-electron chi connectivity index (χ4n) is 2.75. The first-order valence-corrected chi connectivity index (χ1v) is 9.24. The lowest BCUT2D eigenvalue weighted by atomic mass is 10.1. The fraction of sp³-hybridized carbons (Fsp3) is 0.217. The van der Waals surface area contributed by atoms with Crippen LogP contribution in [0.15, 0.2) is 60.7 Å². The summed E-state index contributed by atoms with van der Waals surface area (Å²) < 4.78 is 16.2. The van der Waals surface area contributed by atoms with E-state index in [0.29, 0.717) is 28.4 Å². The molecule has 6 nitrogen and oxygen atoms in total. The van der Waals surface area contributed by atoms with Crippen LogP contribution >= 0.6 is 0 Å². The van der Waals surface area contributed by atoms with Crippen molar-refractivity contribution < 1.29 is 19.0 Å². The van der Waals surface area contributed by atoms with Gasteiger partial charge in [0.1, 0.15) is 17.2 Å². The number of nitrogens with zero attached hydrogens (tertiary/aromatic N) is 1. The van der Waals surface area contributed by atoms with E-state index in [1.165, 1.54) is 0 Å². The Balaban J connectivity index is 1.65. The Bertz CT molecular complexity index is 969. The summed E-state index contributed by atoms with van der Waals surface area (Å²) in [6.07, 6.45) is -0.121. The highest BCUT2D eigenvalue weighted by Crippen LogP contribution is 2.25. The van der Waals surface area contributed by atoms with E-state index in [1.807, 2.05) is 44.2 Å². The predicted molar refractivity (Wildman–Crippen MR) is 112 cm³/mol. The van der Waals surface area contributed by atoms with Crippen LogP contribution in [0.4, 0.5) is 5.69 Å². The SMILES string of the molecule is COc1ccc(Oc2ccc(NC(=O)c3ccc(C(C)OC)nc3C)cc2)cc1. The lowest BCUT2D eigenvalue weighted by molar-refractivity contribution is 0.102. The number of pyridine rings is 1. The molecule has 3 aromatic rings. The molecule has 1 atom stereocenters. The minimum absolute atomic E-state index is 0.121. The Labute approximate surface area is 170 Å². The van der Waals surface area contributed by atoms with Gasteiger partial charge in [-0.15, -0.1) is 0 Å².